The number of para-hydroxylation sites is 2. The molecule has 0 saturated carbocycles. The highest BCUT2D eigenvalue weighted by molar-refractivity contribution is 6.15. The topological polar surface area (TPSA) is 16.4 Å². The molecule has 0 atom stereocenters. The van der Waals surface area contributed by atoms with E-state index in [4.69, 9.17) is 4.42 Å². The van der Waals surface area contributed by atoms with E-state index in [1.165, 1.54) is 38.9 Å². The Morgan fingerprint density at radius 3 is 1.46 bits per heavy atom. The summed E-state index contributed by atoms with van der Waals surface area (Å²) in [5, 5.41) is 4.59. The van der Waals surface area contributed by atoms with Gasteiger partial charge in [-0.15, -0.1) is 0 Å². The van der Waals surface area contributed by atoms with Gasteiger partial charge in [-0.3, -0.25) is 0 Å². The van der Waals surface area contributed by atoms with Crippen LogP contribution in [-0.2, 0) is 0 Å². The normalized spacial score (nSPS) is 11.3. The van der Waals surface area contributed by atoms with Crippen molar-refractivity contribution in [3.8, 4) is 44.5 Å². The molecule has 0 fully saturated rings. The van der Waals surface area contributed by atoms with Crippen molar-refractivity contribution >= 4 is 49.8 Å². The third kappa shape index (κ3) is 5.71. The molecule has 0 spiro atoms. The minimum absolute atomic E-state index is 0.921. The standard InChI is InChI=1S/C52H35NO/c1-3-11-36(12-4-1)38-19-21-41(22-20-38)46-15-7-9-17-50(46)53(44-29-23-39(24-30-44)37-13-5-2-6-14-37)45-31-25-40(26-32-45)42-27-33-47-43(35-42)28-34-49-48-16-8-10-18-51(48)54-52(47)49/h1-35H. The van der Waals surface area contributed by atoms with Gasteiger partial charge in [0, 0.05) is 33.1 Å². The molecule has 1 heterocycles. The van der Waals surface area contributed by atoms with E-state index >= 15 is 0 Å². The van der Waals surface area contributed by atoms with E-state index in [1.54, 1.807) is 0 Å². The summed E-state index contributed by atoms with van der Waals surface area (Å²) < 4.78 is 6.33. The van der Waals surface area contributed by atoms with Crippen LogP contribution in [0.1, 0.15) is 0 Å². The van der Waals surface area contributed by atoms with Gasteiger partial charge in [-0.2, -0.15) is 0 Å². The molecule has 10 rings (SSSR count). The summed E-state index contributed by atoms with van der Waals surface area (Å²) in [5.74, 6) is 0. The molecule has 254 valence electrons. The van der Waals surface area contributed by atoms with Crippen LogP contribution in [0.4, 0.5) is 17.1 Å². The van der Waals surface area contributed by atoms with Crippen LogP contribution in [0.5, 0.6) is 0 Å². The zero-order valence-corrected chi connectivity index (χ0v) is 29.6. The maximum Gasteiger partial charge on any atom is 0.143 e. The Bertz CT molecular complexity index is 2890. The summed E-state index contributed by atoms with van der Waals surface area (Å²) in [5.41, 5.74) is 14.6. The molecule has 10 aromatic rings. The van der Waals surface area contributed by atoms with E-state index in [0.29, 0.717) is 0 Å². The molecule has 0 aliphatic heterocycles. The molecule has 0 aliphatic carbocycles. The monoisotopic (exact) mass is 689 g/mol. The largest absolute Gasteiger partial charge is 0.455 e. The Balaban J connectivity index is 1.04. The lowest BCUT2D eigenvalue weighted by molar-refractivity contribution is 0.672. The number of benzene rings is 9. The highest BCUT2D eigenvalue weighted by atomic mass is 16.3. The summed E-state index contributed by atoms with van der Waals surface area (Å²) >= 11 is 0. The molecule has 0 radical (unpaired) electrons. The fourth-order valence-electron chi connectivity index (χ4n) is 7.74. The summed E-state index contributed by atoms with van der Waals surface area (Å²) in [6.45, 7) is 0. The van der Waals surface area contributed by atoms with Crippen molar-refractivity contribution in [2.75, 3.05) is 4.90 Å². The Hall–Kier alpha value is -7.16. The zero-order valence-electron chi connectivity index (χ0n) is 29.6. The van der Waals surface area contributed by atoms with Gasteiger partial charge in [-0.1, -0.05) is 158 Å². The molecule has 0 unspecified atom stereocenters. The minimum Gasteiger partial charge on any atom is -0.455 e. The second-order valence-electron chi connectivity index (χ2n) is 13.7. The van der Waals surface area contributed by atoms with Crippen LogP contribution in [-0.4, -0.2) is 0 Å². The summed E-state index contributed by atoms with van der Waals surface area (Å²) in [4.78, 5) is 2.37. The number of hydrogen-bond donors (Lipinski definition) is 0. The molecule has 0 N–H and O–H groups in total. The van der Waals surface area contributed by atoms with Crippen LogP contribution in [0.3, 0.4) is 0 Å². The number of furan rings is 1. The van der Waals surface area contributed by atoms with Crippen LogP contribution >= 0.6 is 0 Å². The van der Waals surface area contributed by atoms with Gasteiger partial charge in [0.25, 0.3) is 0 Å². The predicted molar refractivity (Wildman–Crippen MR) is 228 cm³/mol. The summed E-state index contributed by atoms with van der Waals surface area (Å²) in [7, 11) is 0. The van der Waals surface area contributed by atoms with Gasteiger partial charge >= 0.3 is 0 Å². The first-order chi connectivity index (χ1) is 26.8. The maximum absolute atomic E-state index is 6.33. The van der Waals surface area contributed by atoms with Crippen molar-refractivity contribution in [2.45, 2.75) is 0 Å². The minimum atomic E-state index is 0.921. The fourth-order valence-corrected chi connectivity index (χ4v) is 7.74. The smallest absolute Gasteiger partial charge is 0.143 e. The molecule has 2 heteroatoms. The van der Waals surface area contributed by atoms with Gasteiger partial charge in [0.05, 0.1) is 5.69 Å². The first-order valence-electron chi connectivity index (χ1n) is 18.4. The number of nitrogens with zero attached hydrogens (tertiary/aromatic N) is 1. The first-order valence-corrected chi connectivity index (χ1v) is 18.4. The predicted octanol–water partition coefficient (Wildman–Crippen LogP) is 14.9. The first kappa shape index (κ1) is 31.6. The molecule has 0 bridgehead atoms. The van der Waals surface area contributed by atoms with Gasteiger partial charge in [-0.05, 0) is 98.9 Å². The SMILES string of the molecule is c1ccc(-c2ccc(-c3ccccc3N(c3ccc(-c4ccccc4)cc3)c3ccc(-c4ccc5c(ccc6c7ccccc7oc56)c4)cc3)cc2)cc1. The second-order valence-corrected chi connectivity index (χ2v) is 13.7. The summed E-state index contributed by atoms with van der Waals surface area (Å²) in [6.07, 6.45) is 0. The molecule has 0 amide bonds. The number of fused-ring (bicyclic) bond motifs is 5. The maximum atomic E-state index is 6.33. The Labute approximate surface area is 314 Å². The summed E-state index contributed by atoms with van der Waals surface area (Å²) in [6, 6.07) is 75.9. The fraction of sp³-hybridized carbons (Fsp3) is 0. The van der Waals surface area contributed by atoms with Gasteiger partial charge in [0.1, 0.15) is 11.2 Å². The van der Waals surface area contributed by atoms with Crippen LogP contribution in [0.2, 0.25) is 0 Å². The van der Waals surface area contributed by atoms with Crippen molar-refractivity contribution in [1.82, 2.24) is 0 Å². The molecule has 9 aromatic carbocycles. The quantitative estimate of drug-likeness (QED) is 0.166. The Kier molecular flexibility index (Phi) is 7.85. The van der Waals surface area contributed by atoms with E-state index in [-0.39, 0.29) is 0 Å². The number of hydrogen-bond acceptors (Lipinski definition) is 2. The highest BCUT2D eigenvalue weighted by Gasteiger charge is 2.18. The third-order valence-corrected chi connectivity index (χ3v) is 10.5. The Morgan fingerprint density at radius 2 is 0.796 bits per heavy atom. The lowest BCUT2D eigenvalue weighted by atomic mass is 9.97. The molecule has 54 heavy (non-hydrogen) atoms. The van der Waals surface area contributed by atoms with Gasteiger partial charge in [-0.25, -0.2) is 0 Å². The van der Waals surface area contributed by atoms with Crippen LogP contribution in [0.15, 0.2) is 217 Å². The molecular weight excluding hydrogens is 655 g/mol. The van der Waals surface area contributed by atoms with Crippen molar-refractivity contribution in [3.63, 3.8) is 0 Å². The van der Waals surface area contributed by atoms with E-state index in [0.717, 1.165) is 55.3 Å². The van der Waals surface area contributed by atoms with E-state index < -0.39 is 0 Å². The average Bonchev–Trinajstić information content (AvgIpc) is 3.64. The molecule has 0 saturated heterocycles. The number of anilines is 3. The van der Waals surface area contributed by atoms with Crippen LogP contribution in [0.25, 0.3) is 77.2 Å². The van der Waals surface area contributed by atoms with Crippen LogP contribution in [0, 0.1) is 0 Å². The van der Waals surface area contributed by atoms with E-state index in [9.17, 15) is 0 Å². The van der Waals surface area contributed by atoms with Crippen molar-refractivity contribution < 1.29 is 4.42 Å². The Morgan fingerprint density at radius 1 is 0.315 bits per heavy atom. The number of rotatable bonds is 7. The van der Waals surface area contributed by atoms with Crippen molar-refractivity contribution in [3.05, 3.63) is 212 Å². The third-order valence-electron chi connectivity index (χ3n) is 10.5. The zero-order chi connectivity index (χ0) is 35.8. The van der Waals surface area contributed by atoms with E-state index in [1.807, 2.05) is 12.1 Å². The second kappa shape index (κ2) is 13.4. The molecule has 1 aromatic heterocycles. The van der Waals surface area contributed by atoms with Crippen molar-refractivity contribution in [2.24, 2.45) is 0 Å². The molecule has 2 nitrogen and oxygen atoms in total. The lowest BCUT2D eigenvalue weighted by Crippen LogP contribution is -2.11. The lowest BCUT2D eigenvalue weighted by Gasteiger charge is -2.28. The molecule has 0 aliphatic rings. The van der Waals surface area contributed by atoms with Gasteiger partial charge in [0.15, 0.2) is 0 Å². The van der Waals surface area contributed by atoms with Crippen LogP contribution < -0.4 is 4.90 Å². The van der Waals surface area contributed by atoms with Gasteiger partial charge in [0.2, 0.25) is 0 Å². The highest BCUT2D eigenvalue weighted by Crippen LogP contribution is 2.43. The van der Waals surface area contributed by atoms with Gasteiger partial charge < -0.3 is 9.32 Å². The molecular formula is C52H35NO. The van der Waals surface area contributed by atoms with E-state index in [2.05, 4.69) is 205 Å². The van der Waals surface area contributed by atoms with Crippen molar-refractivity contribution in [1.29, 1.82) is 0 Å². The average molecular weight is 690 g/mol.